The van der Waals surface area contributed by atoms with Crippen LogP contribution < -0.4 is 15.6 Å². The number of hydrazine groups is 1. The van der Waals surface area contributed by atoms with E-state index >= 15 is 0 Å². The number of anilines is 1. The fourth-order valence-corrected chi connectivity index (χ4v) is 11.6. The maximum absolute atomic E-state index is 14.8. The number of pyridine rings is 1. The normalized spacial score (nSPS) is 23.9. The largest absolute Gasteiger partial charge is 0.464 e. The number of methoxy groups -OCH3 is 1. The third-order valence-corrected chi connectivity index (χ3v) is 15.7. The molecule has 2 N–H and O–H groups in total. The molecule has 5 aliphatic heterocycles. The molecule has 1 spiro atoms. The van der Waals surface area contributed by atoms with Gasteiger partial charge < -0.3 is 43.7 Å². The van der Waals surface area contributed by atoms with Gasteiger partial charge in [0.25, 0.3) is 5.91 Å². The van der Waals surface area contributed by atoms with Crippen molar-refractivity contribution in [2.45, 2.75) is 122 Å². The van der Waals surface area contributed by atoms with E-state index in [1.165, 1.54) is 16.0 Å². The maximum atomic E-state index is 14.8. The fourth-order valence-electron chi connectivity index (χ4n) is 11.6. The average molecular weight is 981 g/mol. The van der Waals surface area contributed by atoms with Crippen molar-refractivity contribution in [3.63, 3.8) is 0 Å². The van der Waals surface area contributed by atoms with E-state index in [1.807, 2.05) is 33.9 Å². The van der Waals surface area contributed by atoms with Gasteiger partial charge in [-0.3, -0.25) is 34.1 Å². The molecule has 0 saturated carbocycles. The zero-order valence-corrected chi connectivity index (χ0v) is 43.4. The number of aryl methyl sites for hydroxylation is 1. The summed E-state index contributed by atoms with van der Waals surface area (Å²) in [7, 11) is 5.35. The van der Waals surface area contributed by atoms with Gasteiger partial charge in [0.1, 0.15) is 18.1 Å². The van der Waals surface area contributed by atoms with Crippen molar-refractivity contribution in [2.24, 2.45) is 11.3 Å². The second-order valence-electron chi connectivity index (χ2n) is 21.5. The number of nitrogens with zero attached hydrogens (tertiary/aromatic N) is 8. The van der Waals surface area contributed by atoms with Gasteiger partial charge in [0, 0.05) is 106 Å². The average Bonchev–Trinajstić information content (AvgIpc) is 3.85. The lowest BCUT2D eigenvalue weighted by molar-refractivity contribution is -0.156. The molecule has 0 unspecified atom stereocenters. The molecule has 6 bridgehead atoms. The molecular formula is C53H76N10O8. The summed E-state index contributed by atoms with van der Waals surface area (Å²) in [5.41, 5.74) is 8.55. The molecule has 18 nitrogen and oxygen atoms in total. The van der Waals surface area contributed by atoms with Crippen molar-refractivity contribution < 1.29 is 38.2 Å². The number of ether oxygens (including phenoxy) is 3. The van der Waals surface area contributed by atoms with Crippen LogP contribution in [0.3, 0.4) is 0 Å². The van der Waals surface area contributed by atoms with Crippen molar-refractivity contribution in [3.8, 4) is 11.3 Å². The molecule has 0 radical (unpaired) electrons. The summed E-state index contributed by atoms with van der Waals surface area (Å²) in [6.07, 6.45) is 5.56. The Kier molecular flexibility index (Phi) is 15.5. The number of piperidine rings is 1. The number of benzene rings is 1. The van der Waals surface area contributed by atoms with E-state index in [2.05, 4.69) is 76.7 Å². The summed E-state index contributed by atoms with van der Waals surface area (Å²) in [5.74, 6) is -1.70. The summed E-state index contributed by atoms with van der Waals surface area (Å²) in [6.45, 7) is 20.5. The Morgan fingerprint density at radius 3 is 2.55 bits per heavy atom. The van der Waals surface area contributed by atoms with E-state index in [4.69, 9.17) is 19.2 Å². The summed E-state index contributed by atoms with van der Waals surface area (Å²) in [4.78, 5) is 84.7. The van der Waals surface area contributed by atoms with Crippen LogP contribution in [0.5, 0.6) is 0 Å². The SMILES string of the molecule is C=CC(=O)N1CN(C)C2(CCN(C(=O)N(C)[C@H](C(=O)N[C@H]3C[C@H]4CN(CCO4)c4ccc5c(c4)c(c(-c4cccnc4[C@H](C)OC)n5CC)CC(C)(C)COC(=O)[C@@H]4CCCN(N4)C3=O)C(C)C)CC2)C1. The second-order valence-corrected chi connectivity index (χ2v) is 21.5. The third kappa shape index (κ3) is 10.5. The number of rotatable bonds is 9. The first-order valence-corrected chi connectivity index (χ1v) is 25.6. The van der Waals surface area contributed by atoms with Crippen LogP contribution >= 0.6 is 0 Å². The number of esters is 1. The number of hydrogen-bond donors (Lipinski definition) is 2. The Labute approximate surface area is 418 Å². The molecule has 386 valence electrons. The highest BCUT2D eigenvalue weighted by Gasteiger charge is 2.47. The highest BCUT2D eigenvalue weighted by molar-refractivity contribution is 5.95. The van der Waals surface area contributed by atoms with Gasteiger partial charge in [0.05, 0.1) is 43.5 Å². The number of cyclic esters (lactones) is 1. The number of aromatic nitrogens is 2. The van der Waals surface area contributed by atoms with Crippen LogP contribution in [0, 0.1) is 11.3 Å². The van der Waals surface area contributed by atoms with E-state index in [9.17, 15) is 24.0 Å². The molecule has 8 rings (SSSR count). The quantitative estimate of drug-likeness (QED) is 0.218. The van der Waals surface area contributed by atoms with E-state index in [0.717, 1.165) is 39.1 Å². The number of likely N-dealkylation sites (N-methyl/N-ethyl adjacent to an activating group) is 2. The first-order chi connectivity index (χ1) is 33.9. The van der Waals surface area contributed by atoms with Crippen molar-refractivity contribution in [2.75, 3.05) is 85.3 Å². The molecule has 2 aromatic heterocycles. The first kappa shape index (κ1) is 51.8. The standard InChI is InChI=1S/C53H76N10O8/c1-11-44(64)61-31-53(57(8)33-61)19-23-59(24-20-53)51(68)58(9)46(34(3)4)48(65)55-42-28-37-30-60(25-26-70-37)36-17-18-43-39(27-36)40(47(62(43)12-2)38-15-13-21-54-45(38)35(5)69-10)29-52(6,7)32-71-50(67)41-16-14-22-63(56-41)49(42)66/h11,13,15,17-18,21,27,34-35,37,41-42,46,56H,1,12,14,16,19-20,22-26,28-33H2,2-10H3,(H,55,65)/t35-,37-,41-,42-,46-/m0/s1. The third-order valence-electron chi connectivity index (χ3n) is 15.7. The van der Waals surface area contributed by atoms with Gasteiger partial charge in [-0.1, -0.05) is 34.3 Å². The zero-order valence-electron chi connectivity index (χ0n) is 43.4. The van der Waals surface area contributed by atoms with Crippen molar-refractivity contribution in [3.05, 3.63) is 60.4 Å². The number of likely N-dealkylation sites (tertiary alicyclic amines) is 1. The Bertz CT molecular complexity index is 2480. The Morgan fingerprint density at radius 2 is 1.85 bits per heavy atom. The minimum atomic E-state index is -1.05. The Balaban J connectivity index is 1.09. The van der Waals surface area contributed by atoms with Crippen molar-refractivity contribution >= 4 is 46.3 Å². The molecule has 4 saturated heterocycles. The zero-order chi connectivity index (χ0) is 50.9. The number of fused-ring (bicyclic) bond motifs is 6. The van der Waals surface area contributed by atoms with E-state index in [-0.39, 0.29) is 42.5 Å². The van der Waals surface area contributed by atoms with Crippen LogP contribution in [0.25, 0.3) is 22.2 Å². The number of hydrogen-bond acceptors (Lipinski definition) is 12. The number of nitrogens with one attached hydrogen (secondary N) is 2. The number of amides is 5. The molecule has 1 aromatic carbocycles. The van der Waals surface area contributed by atoms with E-state index in [1.54, 1.807) is 30.2 Å². The number of urea groups is 1. The number of carbonyl (C=O) groups is 5. The van der Waals surface area contributed by atoms with E-state index in [0.29, 0.717) is 91.2 Å². The highest BCUT2D eigenvalue weighted by atomic mass is 16.5. The Hall–Kier alpha value is -5.56. The fraction of sp³-hybridized carbons (Fsp3) is 0.623. The molecular weight excluding hydrogens is 905 g/mol. The van der Waals surface area contributed by atoms with Gasteiger partial charge in [-0.2, -0.15) is 0 Å². The summed E-state index contributed by atoms with van der Waals surface area (Å²) >= 11 is 0. The lowest BCUT2D eigenvalue weighted by atomic mass is 9.84. The van der Waals surface area contributed by atoms with Crippen molar-refractivity contribution in [1.82, 2.24) is 44.9 Å². The molecule has 18 heteroatoms. The monoisotopic (exact) mass is 981 g/mol. The molecule has 4 fully saturated rings. The molecule has 0 aliphatic carbocycles. The lowest BCUT2D eigenvalue weighted by Crippen LogP contribution is -2.63. The summed E-state index contributed by atoms with van der Waals surface area (Å²) < 4.78 is 20.8. The van der Waals surface area contributed by atoms with Crippen LogP contribution in [0.4, 0.5) is 10.5 Å². The predicted molar refractivity (Wildman–Crippen MR) is 271 cm³/mol. The topological polar surface area (TPSA) is 174 Å². The van der Waals surface area contributed by atoms with Gasteiger partial charge in [-0.25, -0.2) is 10.2 Å². The van der Waals surface area contributed by atoms with Gasteiger partial charge in [0.2, 0.25) is 11.8 Å². The predicted octanol–water partition coefficient (Wildman–Crippen LogP) is 4.96. The van der Waals surface area contributed by atoms with Crippen LogP contribution in [0.15, 0.2) is 49.2 Å². The van der Waals surface area contributed by atoms with Gasteiger partial charge in [-0.15, -0.1) is 0 Å². The van der Waals surface area contributed by atoms with E-state index < -0.39 is 47.4 Å². The van der Waals surface area contributed by atoms with Crippen LogP contribution in [-0.2, 0) is 46.4 Å². The first-order valence-electron chi connectivity index (χ1n) is 25.6. The lowest BCUT2D eigenvalue weighted by Gasteiger charge is -2.44. The highest BCUT2D eigenvalue weighted by Crippen LogP contribution is 2.42. The second kappa shape index (κ2) is 21.3. The molecule has 5 aliphatic rings. The van der Waals surface area contributed by atoms with Gasteiger partial charge in [0.15, 0.2) is 0 Å². The smallest absolute Gasteiger partial charge is 0.324 e. The maximum Gasteiger partial charge on any atom is 0.324 e. The summed E-state index contributed by atoms with van der Waals surface area (Å²) in [6, 6.07) is 7.64. The molecule has 71 heavy (non-hydrogen) atoms. The minimum absolute atomic E-state index is 0.109. The molecule has 5 amide bonds. The van der Waals surface area contributed by atoms with Crippen LogP contribution in [-0.4, -0.2) is 174 Å². The van der Waals surface area contributed by atoms with Crippen LogP contribution in [0.1, 0.15) is 91.0 Å². The van der Waals surface area contributed by atoms with Crippen LogP contribution in [0.2, 0.25) is 0 Å². The minimum Gasteiger partial charge on any atom is -0.464 e. The number of carbonyl (C=O) groups excluding carboxylic acids is 5. The molecule has 5 atom stereocenters. The number of morpholine rings is 1. The van der Waals surface area contributed by atoms with Gasteiger partial charge >= 0.3 is 12.0 Å². The van der Waals surface area contributed by atoms with Crippen molar-refractivity contribution in [1.29, 1.82) is 0 Å². The Morgan fingerprint density at radius 1 is 1.08 bits per heavy atom. The molecule has 3 aromatic rings. The molecule has 7 heterocycles. The van der Waals surface area contributed by atoms with Gasteiger partial charge in [-0.05, 0) is 101 Å². The summed E-state index contributed by atoms with van der Waals surface area (Å²) in [5, 5.41) is 5.65.